The van der Waals surface area contributed by atoms with E-state index in [0.717, 1.165) is 24.0 Å². The van der Waals surface area contributed by atoms with Gasteiger partial charge in [-0.25, -0.2) is 4.39 Å². The molecular formula is C16H19FN2O. The largest absolute Gasteiger partial charge is 0.392 e. The minimum absolute atomic E-state index is 0.232. The van der Waals surface area contributed by atoms with Gasteiger partial charge in [0.2, 0.25) is 0 Å². The number of aromatic nitrogens is 1. The van der Waals surface area contributed by atoms with E-state index in [1.807, 2.05) is 0 Å². The van der Waals surface area contributed by atoms with Crippen LogP contribution in [-0.4, -0.2) is 34.2 Å². The van der Waals surface area contributed by atoms with Crippen molar-refractivity contribution in [2.75, 3.05) is 13.1 Å². The number of piperidine rings is 1. The Labute approximate surface area is 118 Å². The summed E-state index contributed by atoms with van der Waals surface area (Å²) in [6.07, 6.45) is 2.41. The second-order valence-corrected chi connectivity index (χ2v) is 5.67. The normalized spacial score (nSPS) is 24.1. The number of fused-ring (bicyclic) bond motifs is 1. The first-order valence-corrected chi connectivity index (χ1v) is 7.07. The summed E-state index contributed by atoms with van der Waals surface area (Å²) in [5, 5.41) is 10.5. The van der Waals surface area contributed by atoms with Crippen molar-refractivity contribution >= 4 is 10.9 Å². The molecule has 2 heterocycles. The van der Waals surface area contributed by atoms with Gasteiger partial charge in [-0.05, 0) is 42.6 Å². The maximum Gasteiger partial charge on any atom is 0.132 e. The fraction of sp³-hybridized carbons (Fsp3) is 0.438. The summed E-state index contributed by atoms with van der Waals surface area (Å²) in [6, 6.07) is 6.81. The zero-order valence-corrected chi connectivity index (χ0v) is 11.6. The molecule has 106 valence electrons. The molecule has 1 aliphatic rings. The first-order chi connectivity index (χ1) is 9.65. The zero-order valence-electron chi connectivity index (χ0n) is 11.6. The van der Waals surface area contributed by atoms with Crippen molar-refractivity contribution in [3.63, 3.8) is 0 Å². The Hall–Kier alpha value is -1.52. The number of aliphatic hydroxyl groups excluding tert-OH is 1. The van der Waals surface area contributed by atoms with E-state index in [-0.39, 0.29) is 11.9 Å². The number of β-amino-alcohol motifs (C(OH)–C–C–N with tert-alkyl or cyclic N) is 1. The van der Waals surface area contributed by atoms with Crippen LogP contribution in [0.15, 0.2) is 30.5 Å². The van der Waals surface area contributed by atoms with Crippen molar-refractivity contribution in [1.82, 2.24) is 9.88 Å². The molecule has 0 radical (unpaired) electrons. The summed E-state index contributed by atoms with van der Waals surface area (Å²) >= 11 is 0. The number of hydrogen-bond acceptors (Lipinski definition) is 3. The van der Waals surface area contributed by atoms with Gasteiger partial charge in [-0.15, -0.1) is 0 Å². The molecule has 3 rings (SSSR count). The van der Waals surface area contributed by atoms with E-state index in [1.165, 1.54) is 6.07 Å². The van der Waals surface area contributed by atoms with Crippen LogP contribution in [0.1, 0.15) is 18.9 Å². The molecule has 3 nitrogen and oxygen atoms in total. The molecule has 1 N–H and O–H groups in total. The number of rotatable bonds is 2. The minimum Gasteiger partial charge on any atom is -0.392 e. The number of hydrogen-bond donors (Lipinski definition) is 1. The summed E-state index contributed by atoms with van der Waals surface area (Å²) in [4.78, 5) is 6.53. The summed E-state index contributed by atoms with van der Waals surface area (Å²) in [6.45, 7) is 4.42. The minimum atomic E-state index is -0.275. The second-order valence-electron chi connectivity index (χ2n) is 5.67. The molecule has 0 spiro atoms. The molecular weight excluding hydrogens is 255 g/mol. The van der Waals surface area contributed by atoms with Crippen LogP contribution in [0.3, 0.4) is 0 Å². The van der Waals surface area contributed by atoms with Crippen LogP contribution in [0.2, 0.25) is 0 Å². The highest BCUT2D eigenvalue weighted by Crippen LogP contribution is 2.23. The van der Waals surface area contributed by atoms with Crippen molar-refractivity contribution < 1.29 is 9.50 Å². The molecule has 0 saturated carbocycles. The van der Waals surface area contributed by atoms with Crippen LogP contribution in [0.25, 0.3) is 10.9 Å². The van der Waals surface area contributed by atoms with Crippen molar-refractivity contribution in [2.24, 2.45) is 5.92 Å². The lowest BCUT2D eigenvalue weighted by atomic mass is 9.95. The molecule has 1 aliphatic heterocycles. The van der Waals surface area contributed by atoms with Crippen molar-refractivity contribution in [1.29, 1.82) is 0 Å². The first kappa shape index (κ1) is 13.5. The lowest BCUT2D eigenvalue weighted by Gasteiger charge is -2.34. The average Bonchev–Trinajstić information content (AvgIpc) is 2.46. The van der Waals surface area contributed by atoms with Gasteiger partial charge in [-0.1, -0.05) is 13.0 Å². The van der Waals surface area contributed by atoms with Gasteiger partial charge in [0.1, 0.15) is 5.82 Å². The molecule has 1 saturated heterocycles. The standard InChI is InChI=1S/C16H19FN2O/c1-11-6-8-19(10-15(11)20)9-12-4-5-14(17)13-3-2-7-18-16(12)13/h2-5,7,11,15,20H,6,8-10H2,1H3. The van der Waals surface area contributed by atoms with Crippen molar-refractivity contribution in [2.45, 2.75) is 26.0 Å². The Balaban J connectivity index is 1.86. The predicted octanol–water partition coefficient (Wildman–Crippen LogP) is 2.58. The van der Waals surface area contributed by atoms with E-state index >= 15 is 0 Å². The van der Waals surface area contributed by atoms with Crippen LogP contribution in [-0.2, 0) is 6.54 Å². The molecule has 4 heteroatoms. The second kappa shape index (κ2) is 5.46. The highest BCUT2D eigenvalue weighted by molar-refractivity contribution is 5.82. The van der Waals surface area contributed by atoms with Gasteiger partial charge in [-0.3, -0.25) is 9.88 Å². The smallest absolute Gasteiger partial charge is 0.132 e. The number of benzene rings is 1. The lowest BCUT2D eigenvalue weighted by Crippen LogP contribution is -2.42. The van der Waals surface area contributed by atoms with Gasteiger partial charge in [0.15, 0.2) is 0 Å². The van der Waals surface area contributed by atoms with E-state index in [0.29, 0.717) is 24.4 Å². The topological polar surface area (TPSA) is 36.4 Å². The predicted molar refractivity (Wildman–Crippen MR) is 76.8 cm³/mol. The third-order valence-corrected chi connectivity index (χ3v) is 4.20. The number of halogens is 1. The van der Waals surface area contributed by atoms with Crippen LogP contribution >= 0.6 is 0 Å². The molecule has 0 bridgehead atoms. The van der Waals surface area contributed by atoms with Gasteiger partial charge in [0, 0.05) is 24.7 Å². The Morgan fingerprint density at radius 3 is 3.05 bits per heavy atom. The number of pyridine rings is 1. The van der Waals surface area contributed by atoms with Gasteiger partial charge < -0.3 is 5.11 Å². The summed E-state index contributed by atoms with van der Waals surface area (Å²) in [7, 11) is 0. The highest BCUT2D eigenvalue weighted by Gasteiger charge is 2.24. The molecule has 1 fully saturated rings. The quantitative estimate of drug-likeness (QED) is 0.914. The Kier molecular flexibility index (Phi) is 3.68. The Morgan fingerprint density at radius 2 is 2.25 bits per heavy atom. The first-order valence-electron chi connectivity index (χ1n) is 7.07. The highest BCUT2D eigenvalue weighted by atomic mass is 19.1. The molecule has 2 aromatic rings. The van der Waals surface area contributed by atoms with Gasteiger partial charge in [0.25, 0.3) is 0 Å². The third-order valence-electron chi connectivity index (χ3n) is 4.20. The van der Waals surface area contributed by atoms with Crippen LogP contribution in [0.4, 0.5) is 4.39 Å². The molecule has 20 heavy (non-hydrogen) atoms. The van der Waals surface area contributed by atoms with Gasteiger partial charge in [-0.2, -0.15) is 0 Å². The van der Waals surface area contributed by atoms with Crippen molar-refractivity contribution in [3.05, 3.63) is 41.8 Å². The van der Waals surface area contributed by atoms with E-state index in [2.05, 4.69) is 16.8 Å². The van der Waals surface area contributed by atoms with E-state index < -0.39 is 0 Å². The van der Waals surface area contributed by atoms with Gasteiger partial charge >= 0.3 is 0 Å². The Morgan fingerprint density at radius 1 is 1.40 bits per heavy atom. The molecule has 2 unspecified atom stereocenters. The fourth-order valence-corrected chi connectivity index (χ4v) is 2.82. The molecule has 1 aromatic heterocycles. The molecule has 0 amide bonds. The summed E-state index contributed by atoms with van der Waals surface area (Å²) < 4.78 is 13.8. The van der Waals surface area contributed by atoms with E-state index in [4.69, 9.17) is 0 Å². The lowest BCUT2D eigenvalue weighted by molar-refractivity contribution is 0.0260. The number of likely N-dealkylation sites (tertiary alicyclic amines) is 1. The SMILES string of the molecule is CC1CCN(Cc2ccc(F)c3cccnc23)CC1O. The number of aliphatic hydroxyl groups is 1. The van der Waals surface area contributed by atoms with Crippen molar-refractivity contribution in [3.8, 4) is 0 Å². The van der Waals surface area contributed by atoms with Crippen LogP contribution in [0.5, 0.6) is 0 Å². The maximum absolute atomic E-state index is 13.8. The third kappa shape index (κ3) is 2.53. The average molecular weight is 274 g/mol. The zero-order chi connectivity index (χ0) is 14.1. The number of nitrogens with zero attached hydrogens (tertiary/aromatic N) is 2. The molecule has 2 atom stereocenters. The fourth-order valence-electron chi connectivity index (χ4n) is 2.82. The summed E-state index contributed by atoms with van der Waals surface area (Å²) in [5.74, 6) is 0.124. The monoisotopic (exact) mass is 274 g/mol. The summed E-state index contributed by atoms with van der Waals surface area (Å²) in [5.41, 5.74) is 1.74. The van der Waals surface area contributed by atoms with Crippen LogP contribution < -0.4 is 0 Å². The van der Waals surface area contributed by atoms with E-state index in [9.17, 15) is 9.50 Å². The van der Waals surface area contributed by atoms with Gasteiger partial charge in [0.05, 0.1) is 11.6 Å². The van der Waals surface area contributed by atoms with E-state index in [1.54, 1.807) is 24.4 Å². The maximum atomic E-state index is 13.8. The Bertz CT molecular complexity index is 616. The molecule has 1 aromatic carbocycles. The van der Waals surface area contributed by atoms with Crippen LogP contribution in [0, 0.1) is 11.7 Å². The molecule has 0 aliphatic carbocycles.